The number of hydrogen-bond acceptors (Lipinski definition) is 6. The lowest BCUT2D eigenvalue weighted by atomic mass is 10.2. The van der Waals surface area contributed by atoms with Gasteiger partial charge in [-0.25, -0.2) is 0 Å². The highest BCUT2D eigenvalue weighted by molar-refractivity contribution is 5.85. The minimum absolute atomic E-state index is 0. The number of hydrogen-bond donors (Lipinski definition) is 1. The Morgan fingerprint density at radius 1 is 1.33 bits per heavy atom. The third kappa shape index (κ3) is 4.15. The molecule has 0 saturated carbocycles. The Bertz CT molecular complexity index is 457. The summed E-state index contributed by atoms with van der Waals surface area (Å²) in [6.07, 6.45) is 0.771. The molecule has 1 aliphatic rings. The van der Waals surface area contributed by atoms with Crippen molar-refractivity contribution in [1.82, 2.24) is 19.9 Å². The monoisotopic (exact) mass is 317 g/mol. The van der Waals surface area contributed by atoms with Crippen LogP contribution in [0.3, 0.4) is 0 Å². The molecule has 1 fully saturated rings. The van der Waals surface area contributed by atoms with Crippen molar-refractivity contribution in [3.8, 4) is 0 Å². The van der Waals surface area contributed by atoms with E-state index in [2.05, 4.69) is 22.0 Å². The number of carbonyl (C=O) groups is 1. The fourth-order valence-corrected chi connectivity index (χ4v) is 2.35. The van der Waals surface area contributed by atoms with E-state index < -0.39 is 6.04 Å². The minimum atomic E-state index is -0.429. The largest absolute Gasteiger partial charge is 0.339 e. The van der Waals surface area contributed by atoms with E-state index in [1.54, 1.807) is 6.92 Å². The predicted molar refractivity (Wildman–Crippen MR) is 81.1 cm³/mol. The van der Waals surface area contributed by atoms with Gasteiger partial charge in [0.15, 0.2) is 5.82 Å². The summed E-state index contributed by atoms with van der Waals surface area (Å²) in [6, 6.07) is -0.350. The van der Waals surface area contributed by atoms with Crippen molar-refractivity contribution >= 4 is 18.3 Å². The lowest BCUT2D eigenvalue weighted by Gasteiger charge is -2.37. The SMILES string of the molecule is CCc1noc(C(C)N2CCN(C(=O)C(C)N)CC2)n1.Cl. The van der Waals surface area contributed by atoms with Gasteiger partial charge in [0, 0.05) is 32.6 Å². The summed E-state index contributed by atoms with van der Waals surface area (Å²) in [7, 11) is 0. The summed E-state index contributed by atoms with van der Waals surface area (Å²) in [5, 5.41) is 3.92. The fraction of sp³-hybridized carbons (Fsp3) is 0.769. The van der Waals surface area contributed by atoms with Crippen LogP contribution in [0.4, 0.5) is 0 Å². The zero-order valence-corrected chi connectivity index (χ0v) is 13.6. The molecule has 1 aromatic rings. The van der Waals surface area contributed by atoms with E-state index in [1.165, 1.54) is 0 Å². The van der Waals surface area contributed by atoms with Crippen LogP contribution in [0.5, 0.6) is 0 Å². The summed E-state index contributed by atoms with van der Waals surface area (Å²) in [5.41, 5.74) is 5.63. The van der Waals surface area contributed by atoms with Gasteiger partial charge in [0.25, 0.3) is 0 Å². The Balaban J connectivity index is 0.00000220. The third-order valence-corrected chi connectivity index (χ3v) is 3.72. The highest BCUT2D eigenvalue weighted by Gasteiger charge is 2.28. The third-order valence-electron chi connectivity index (χ3n) is 3.72. The quantitative estimate of drug-likeness (QED) is 0.875. The maximum atomic E-state index is 11.8. The summed E-state index contributed by atoms with van der Waals surface area (Å²) < 4.78 is 5.28. The summed E-state index contributed by atoms with van der Waals surface area (Å²) >= 11 is 0. The standard InChI is InChI=1S/C13H23N5O2.ClH/c1-4-11-15-12(20-16-11)10(3)17-5-7-18(8-6-17)13(19)9(2)14;/h9-10H,4-8,14H2,1-3H3;1H. The first-order chi connectivity index (χ1) is 9.52. The Kier molecular flexibility index (Phi) is 6.57. The molecule has 8 heteroatoms. The van der Waals surface area contributed by atoms with Crippen LogP contribution < -0.4 is 5.73 Å². The molecule has 1 amide bonds. The molecule has 2 atom stereocenters. The molecule has 120 valence electrons. The van der Waals surface area contributed by atoms with Gasteiger partial charge < -0.3 is 15.2 Å². The number of carbonyl (C=O) groups excluding carboxylic acids is 1. The highest BCUT2D eigenvalue weighted by atomic mass is 35.5. The molecule has 1 aliphatic heterocycles. The summed E-state index contributed by atoms with van der Waals surface area (Å²) in [5.74, 6) is 1.40. The molecule has 2 rings (SSSR count). The van der Waals surface area contributed by atoms with Crippen molar-refractivity contribution < 1.29 is 9.32 Å². The maximum absolute atomic E-state index is 11.8. The first kappa shape index (κ1) is 17.9. The molecule has 0 spiro atoms. The number of nitrogens with zero attached hydrogens (tertiary/aromatic N) is 4. The zero-order valence-electron chi connectivity index (χ0n) is 12.8. The van der Waals surface area contributed by atoms with Crippen LogP contribution in [0.25, 0.3) is 0 Å². The lowest BCUT2D eigenvalue weighted by molar-refractivity contribution is -0.134. The van der Waals surface area contributed by atoms with Gasteiger partial charge in [-0.1, -0.05) is 12.1 Å². The van der Waals surface area contributed by atoms with Gasteiger partial charge in [-0.2, -0.15) is 4.98 Å². The van der Waals surface area contributed by atoms with E-state index >= 15 is 0 Å². The number of aryl methyl sites for hydroxylation is 1. The van der Waals surface area contributed by atoms with Crippen molar-refractivity contribution in [3.63, 3.8) is 0 Å². The predicted octanol–water partition coefficient (Wildman–Crippen LogP) is 0.606. The molecule has 21 heavy (non-hydrogen) atoms. The van der Waals surface area contributed by atoms with E-state index in [-0.39, 0.29) is 24.4 Å². The molecule has 0 aromatic carbocycles. The number of rotatable bonds is 4. The molecule has 0 bridgehead atoms. The average Bonchev–Trinajstić information content (AvgIpc) is 2.94. The van der Waals surface area contributed by atoms with E-state index in [0.717, 1.165) is 25.3 Å². The van der Waals surface area contributed by atoms with E-state index in [9.17, 15) is 4.79 Å². The number of amides is 1. The molecule has 0 radical (unpaired) electrons. The second-order valence-corrected chi connectivity index (χ2v) is 5.23. The van der Waals surface area contributed by atoms with Gasteiger partial charge in [0.05, 0.1) is 12.1 Å². The highest BCUT2D eigenvalue weighted by Crippen LogP contribution is 2.20. The molecular formula is C13H24ClN5O2. The Morgan fingerprint density at radius 2 is 1.95 bits per heavy atom. The molecule has 0 aliphatic carbocycles. The van der Waals surface area contributed by atoms with Crippen LogP contribution in [-0.4, -0.2) is 58.1 Å². The van der Waals surface area contributed by atoms with Crippen LogP contribution in [-0.2, 0) is 11.2 Å². The average molecular weight is 318 g/mol. The Hall–Kier alpha value is -1.18. The maximum Gasteiger partial charge on any atom is 0.243 e. The van der Waals surface area contributed by atoms with Gasteiger partial charge in [0.2, 0.25) is 11.8 Å². The number of halogens is 1. The first-order valence-corrected chi connectivity index (χ1v) is 7.13. The zero-order chi connectivity index (χ0) is 14.7. The number of nitrogens with two attached hydrogens (primary N) is 1. The smallest absolute Gasteiger partial charge is 0.243 e. The normalized spacial score (nSPS) is 19.0. The molecular weight excluding hydrogens is 294 g/mol. The first-order valence-electron chi connectivity index (χ1n) is 7.13. The number of piperazine rings is 1. The molecule has 1 aromatic heterocycles. The minimum Gasteiger partial charge on any atom is -0.339 e. The van der Waals surface area contributed by atoms with Crippen molar-refractivity contribution in [1.29, 1.82) is 0 Å². The topological polar surface area (TPSA) is 88.5 Å². The van der Waals surface area contributed by atoms with Gasteiger partial charge in [0.1, 0.15) is 0 Å². The van der Waals surface area contributed by atoms with Crippen LogP contribution in [0.15, 0.2) is 4.52 Å². The van der Waals surface area contributed by atoms with Crippen LogP contribution >= 0.6 is 12.4 Å². The molecule has 2 N–H and O–H groups in total. The Labute approximate surface area is 131 Å². The summed E-state index contributed by atoms with van der Waals surface area (Å²) in [4.78, 5) is 20.3. The van der Waals surface area contributed by atoms with Crippen molar-refractivity contribution in [2.24, 2.45) is 5.73 Å². The van der Waals surface area contributed by atoms with Crippen LogP contribution in [0.2, 0.25) is 0 Å². The fourth-order valence-electron chi connectivity index (χ4n) is 2.35. The molecule has 7 nitrogen and oxygen atoms in total. The van der Waals surface area contributed by atoms with Gasteiger partial charge in [-0.05, 0) is 13.8 Å². The van der Waals surface area contributed by atoms with E-state index in [4.69, 9.17) is 10.3 Å². The van der Waals surface area contributed by atoms with Crippen LogP contribution in [0.1, 0.15) is 38.5 Å². The number of aromatic nitrogens is 2. The van der Waals surface area contributed by atoms with Crippen molar-refractivity contribution in [2.75, 3.05) is 26.2 Å². The van der Waals surface area contributed by atoms with Gasteiger partial charge in [-0.15, -0.1) is 12.4 Å². The Morgan fingerprint density at radius 3 is 2.43 bits per heavy atom. The van der Waals surface area contributed by atoms with Crippen LogP contribution in [0, 0.1) is 0 Å². The van der Waals surface area contributed by atoms with Crippen molar-refractivity contribution in [3.05, 3.63) is 11.7 Å². The molecule has 2 heterocycles. The molecule has 2 unspecified atom stereocenters. The second kappa shape index (κ2) is 7.72. The van der Waals surface area contributed by atoms with Gasteiger partial charge in [-0.3, -0.25) is 9.69 Å². The lowest BCUT2D eigenvalue weighted by Crippen LogP contribution is -2.52. The van der Waals surface area contributed by atoms with Gasteiger partial charge >= 0.3 is 0 Å². The summed E-state index contributed by atoms with van der Waals surface area (Å²) in [6.45, 7) is 8.75. The van der Waals surface area contributed by atoms with E-state index in [1.807, 2.05) is 11.8 Å². The van der Waals surface area contributed by atoms with E-state index in [0.29, 0.717) is 19.0 Å². The molecule has 1 saturated heterocycles. The second-order valence-electron chi connectivity index (χ2n) is 5.23. The van der Waals surface area contributed by atoms with Crippen molar-refractivity contribution in [2.45, 2.75) is 39.3 Å².